The molecule has 196 valence electrons. The largest absolute Gasteiger partial charge is 0.507 e. The molecule has 2 unspecified atom stereocenters. The quantitative estimate of drug-likeness (QED) is 0.412. The Bertz CT molecular complexity index is 1000. The summed E-state index contributed by atoms with van der Waals surface area (Å²) in [5, 5.41) is 29.1. The van der Waals surface area contributed by atoms with Crippen molar-refractivity contribution in [2.24, 2.45) is 16.3 Å². The third-order valence-corrected chi connectivity index (χ3v) is 7.92. The molecule has 0 spiro atoms. The average Bonchev–Trinajstić information content (AvgIpc) is 3.56. The van der Waals surface area contributed by atoms with Gasteiger partial charge in [0.1, 0.15) is 23.4 Å². The molecular formula is C23H32F4N4O4. The molecule has 3 aliphatic rings. The van der Waals surface area contributed by atoms with Crippen LogP contribution in [-0.2, 0) is 10.3 Å². The zero-order valence-electron chi connectivity index (χ0n) is 20.1. The normalized spacial score (nSPS) is 30.3. The number of aliphatic hydroxyl groups is 2. The predicted octanol–water partition coefficient (Wildman–Crippen LogP) is 4.05. The summed E-state index contributed by atoms with van der Waals surface area (Å²) in [4.78, 5) is 8.48. The molecule has 0 radical (unpaired) electrons. The summed E-state index contributed by atoms with van der Waals surface area (Å²) < 4.78 is 67.2. The fraction of sp³-hybridized carbons (Fsp3) is 0.783. The summed E-state index contributed by atoms with van der Waals surface area (Å²) in [5.74, 6) is 0.0548. The molecule has 0 saturated heterocycles. The Morgan fingerprint density at radius 2 is 1.97 bits per heavy atom. The lowest BCUT2D eigenvalue weighted by atomic mass is 9.54. The van der Waals surface area contributed by atoms with Crippen LogP contribution in [0.4, 0.5) is 17.6 Å². The standard InChI is InChI=1S/C23H32F4N4O4/c1-4-16-17(33)22(34-13-23(25,26)27,20(12-32,10-28-16)21(24)8-5-9-21)11-29-19(3,15-6-7-15)18-30-14(2)35-31-18/h10,15,29,32-33H,4-9,11-13H2,1-3H3/t19?,20?,22-/m0/s1. The highest BCUT2D eigenvalue weighted by molar-refractivity contribution is 5.75. The van der Waals surface area contributed by atoms with Crippen LogP contribution in [0, 0.1) is 18.3 Å². The van der Waals surface area contributed by atoms with Crippen molar-refractivity contribution in [3.8, 4) is 0 Å². The highest BCUT2D eigenvalue weighted by Crippen LogP contribution is 2.58. The first-order valence-electron chi connectivity index (χ1n) is 11.9. The molecule has 1 aliphatic heterocycles. The highest BCUT2D eigenvalue weighted by Gasteiger charge is 2.70. The van der Waals surface area contributed by atoms with Gasteiger partial charge in [-0.2, -0.15) is 18.2 Å². The zero-order chi connectivity index (χ0) is 25.7. The van der Waals surface area contributed by atoms with Crippen LogP contribution in [0.3, 0.4) is 0 Å². The van der Waals surface area contributed by atoms with Gasteiger partial charge in [0, 0.05) is 19.7 Å². The Hall–Kier alpha value is -2.05. The number of halogens is 4. The molecule has 0 amide bonds. The number of ether oxygens (including phenoxy) is 1. The minimum Gasteiger partial charge on any atom is -0.507 e. The first-order chi connectivity index (χ1) is 16.4. The molecule has 2 heterocycles. The van der Waals surface area contributed by atoms with Gasteiger partial charge in [-0.1, -0.05) is 12.1 Å². The predicted molar refractivity (Wildman–Crippen MR) is 117 cm³/mol. The van der Waals surface area contributed by atoms with Gasteiger partial charge in [0.25, 0.3) is 0 Å². The van der Waals surface area contributed by atoms with E-state index in [-0.39, 0.29) is 30.9 Å². The smallest absolute Gasteiger partial charge is 0.411 e. The van der Waals surface area contributed by atoms with Gasteiger partial charge in [0.2, 0.25) is 5.89 Å². The molecule has 1 aromatic rings. The topological polar surface area (TPSA) is 113 Å². The molecule has 1 aromatic heterocycles. The van der Waals surface area contributed by atoms with Crippen molar-refractivity contribution in [1.82, 2.24) is 15.5 Å². The Kier molecular flexibility index (Phi) is 6.55. The number of aliphatic imine (C=N–C) groups is 1. The minimum atomic E-state index is -4.76. The van der Waals surface area contributed by atoms with Crippen LogP contribution in [0.2, 0.25) is 0 Å². The van der Waals surface area contributed by atoms with E-state index in [1.165, 1.54) is 0 Å². The summed E-state index contributed by atoms with van der Waals surface area (Å²) in [6.45, 7) is 1.98. The third kappa shape index (κ3) is 4.17. The van der Waals surface area contributed by atoms with Crippen LogP contribution in [0.1, 0.15) is 64.1 Å². The maximum absolute atomic E-state index is 16.3. The molecule has 2 aliphatic carbocycles. The van der Waals surface area contributed by atoms with Crippen molar-refractivity contribution in [3.05, 3.63) is 23.2 Å². The second kappa shape index (κ2) is 8.81. The van der Waals surface area contributed by atoms with E-state index in [1.807, 2.05) is 0 Å². The number of nitrogens with one attached hydrogen (secondary N) is 1. The van der Waals surface area contributed by atoms with E-state index in [0.29, 0.717) is 18.1 Å². The second-order valence-electron chi connectivity index (χ2n) is 10.1. The summed E-state index contributed by atoms with van der Waals surface area (Å²) in [7, 11) is 0. The number of rotatable bonds is 10. The summed E-state index contributed by atoms with van der Waals surface area (Å²) >= 11 is 0. The zero-order valence-corrected chi connectivity index (χ0v) is 20.1. The van der Waals surface area contributed by atoms with E-state index >= 15 is 4.39 Å². The van der Waals surface area contributed by atoms with Gasteiger partial charge >= 0.3 is 6.18 Å². The van der Waals surface area contributed by atoms with Crippen LogP contribution < -0.4 is 5.32 Å². The van der Waals surface area contributed by atoms with Crippen LogP contribution in [-0.4, -0.2) is 63.8 Å². The molecule has 4 rings (SSSR count). The molecule has 8 nitrogen and oxygen atoms in total. The van der Waals surface area contributed by atoms with Crippen molar-refractivity contribution in [1.29, 1.82) is 0 Å². The van der Waals surface area contributed by atoms with Crippen molar-refractivity contribution < 1.29 is 37.0 Å². The van der Waals surface area contributed by atoms with Gasteiger partial charge in [-0.3, -0.25) is 4.99 Å². The molecule has 35 heavy (non-hydrogen) atoms. The monoisotopic (exact) mass is 504 g/mol. The minimum absolute atomic E-state index is 0.00459. The van der Waals surface area contributed by atoms with Crippen LogP contribution in [0.25, 0.3) is 0 Å². The number of hydrogen-bond donors (Lipinski definition) is 3. The van der Waals surface area contributed by atoms with Gasteiger partial charge in [-0.05, 0) is 51.4 Å². The average molecular weight is 505 g/mol. The summed E-state index contributed by atoms with van der Waals surface area (Å²) in [6, 6.07) is 0. The van der Waals surface area contributed by atoms with Crippen LogP contribution >= 0.6 is 0 Å². The van der Waals surface area contributed by atoms with Crippen molar-refractivity contribution >= 4 is 6.21 Å². The lowest BCUT2D eigenvalue weighted by Gasteiger charge is -2.58. The maximum Gasteiger partial charge on any atom is 0.411 e. The van der Waals surface area contributed by atoms with E-state index < -0.39 is 53.9 Å². The van der Waals surface area contributed by atoms with Gasteiger partial charge < -0.3 is 24.8 Å². The summed E-state index contributed by atoms with van der Waals surface area (Å²) in [6.07, 6.45) is -1.33. The number of aliphatic hydroxyl groups excluding tert-OH is 2. The van der Waals surface area contributed by atoms with Crippen LogP contribution in [0.5, 0.6) is 0 Å². The molecule has 0 bridgehead atoms. The Morgan fingerprint density at radius 1 is 1.29 bits per heavy atom. The lowest BCUT2D eigenvalue weighted by molar-refractivity contribution is -0.246. The SMILES string of the molecule is CCC1=C(O)[C@](CNC(C)(c2noc(C)n2)C2CC2)(OCC(F)(F)F)C(CO)(C2(F)CCC2)C=N1. The first-order valence-corrected chi connectivity index (χ1v) is 11.9. The van der Waals surface area contributed by atoms with Gasteiger partial charge in [-0.25, -0.2) is 4.39 Å². The Balaban J connectivity index is 1.82. The number of nitrogens with zero attached hydrogens (tertiary/aromatic N) is 3. The summed E-state index contributed by atoms with van der Waals surface area (Å²) in [5.41, 5.74) is -7.32. The lowest BCUT2D eigenvalue weighted by Crippen LogP contribution is -2.72. The molecule has 12 heteroatoms. The maximum atomic E-state index is 16.3. The van der Waals surface area contributed by atoms with Crippen molar-refractivity contribution in [2.45, 2.75) is 82.3 Å². The number of allylic oxidation sites excluding steroid dienone is 1. The van der Waals surface area contributed by atoms with E-state index in [4.69, 9.17) is 9.26 Å². The Labute approximate surface area is 200 Å². The molecule has 2 fully saturated rings. The van der Waals surface area contributed by atoms with Gasteiger partial charge in [0.05, 0.1) is 17.8 Å². The first kappa shape index (κ1) is 26.0. The van der Waals surface area contributed by atoms with Crippen molar-refractivity contribution in [2.75, 3.05) is 19.8 Å². The number of aryl methyl sites for hydroxylation is 1. The fourth-order valence-corrected chi connectivity index (χ4v) is 5.36. The van der Waals surface area contributed by atoms with Crippen molar-refractivity contribution in [3.63, 3.8) is 0 Å². The number of aromatic nitrogens is 2. The molecule has 2 saturated carbocycles. The Morgan fingerprint density at radius 3 is 2.43 bits per heavy atom. The third-order valence-electron chi connectivity index (χ3n) is 7.92. The van der Waals surface area contributed by atoms with E-state index in [9.17, 15) is 23.4 Å². The second-order valence-corrected chi connectivity index (χ2v) is 10.1. The van der Waals surface area contributed by atoms with E-state index in [2.05, 4.69) is 20.4 Å². The molecule has 0 aromatic carbocycles. The number of hydrogen-bond acceptors (Lipinski definition) is 8. The highest BCUT2D eigenvalue weighted by atomic mass is 19.4. The van der Waals surface area contributed by atoms with Gasteiger partial charge in [-0.15, -0.1) is 0 Å². The number of alkyl halides is 4. The molecule has 3 atom stereocenters. The van der Waals surface area contributed by atoms with Gasteiger partial charge in [0.15, 0.2) is 11.4 Å². The van der Waals surface area contributed by atoms with E-state index in [1.54, 1.807) is 20.8 Å². The fourth-order valence-electron chi connectivity index (χ4n) is 5.36. The molecule has 3 N–H and O–H groups in total. The van der Waals surface area contributed by atoms with Crippen LogP contribution in [0.15, 0.2) is 21.0 Å². The molecular weight excluding hydrogens is 472 g/mol. The van der Waals surface area contributed by atoms with E-state index in [0.717, 1.165) is 19.1 Å².